The Morgan fingerprint density at radius 3 is 2.78 bits per heavy atom. The van der Waals surface area contributed by atoms with Gasteiger partial charge in [0, 0.05) is 0 Å². The average molecular weight is 263 g/mol. The number of nitriles is 1. The number of aliphatic hydroxyl groups excluding tert-OH is 1. The molecule has 1 aromatic rings. The fourth-order valence-electron chi connectivity index (χ4n) is 3.09. The highest BCUT2D eigenvalue weighted by Gasteiger charge is 2.42. The summed E-state index contributed by atoms with van der Waals surface area (Å²) in [4.78, 5) is 0. The Bertz CT molecular complexity index is 399. The van der Waals surface area contributed by atoms with Gasteiger partial charge in [0.15, 0.2) is 0 Å². The molecule has 0 aliphatic heterocycles. The van der Waals surface area contributed by atoms with Crippen molar-refractivity contribution in [2.75, 3.05) is 0 Å². The molecule has 2 nitrogen and oxygen atoms in total. The lowest BCUT2D eigenvalue weighted by atomic mass is 9.66. The van der Waals surface area contributed by atoms with Crippen molar-refractivity contribution in [1.29, 1.82) is 5.26 Å². The van der Waals surface area contributed by atoms with Crippen LogP contribution in [-0.2, 0) is 0 Å². The quantitative estimate of drug-likeness (QED) is 0.881. The third kappa shape index (κ3) is 2.60. The minimum absolute atomic E-state index is 0.550. The third-order valence-electron chi connectivity index (χ3n) is 4.30. The van der Waals surface area contributed by atoms with E-state index in [9.17, 15) is 10.4 Å². The predicted octanol–water partition coefficient (Wildman–Crippen LogP) is 4.28. The van der Waals surface area contributed by atoms with E-state index in [1.54, 1.807) is 11.3 Å². The molecular formula is C15H21NOS. The van der Waals surface area contributed by atoms with Crippen LogP contribution in [0.15, 0.2) is 16.8 Å². The van der Waals surface area contributed by atoms with Gasteiger partial charge in [0.2, 0.25) is 0 Å². The summed E-state index contributed by atoms with van der Waals surface area (Å²) in [6, 6.07) is 4.36. The topological polar surface area (TPSA) is 44.0 Å². The lowest BCUT2D eigenvalue weighted by molar-refractivity contribution is 0.0239. The van der Waals surface area contributed by atoms with E-state index in [0.717, 1.165) is 37.2 Å². The molecule has 1 unspecified atom stereocenters. The fourth-order valence-corrected chi connectivity index (χ4v) is 3.76. The lowest BCUT2D eigenvalue weighted by Crippen LogP contribution is -2.32. The van der Waals surface area contributed by atoms with Gasteiger partial charge in [-0.05, 0) is 54.0 Å². The van der Waals surface area contributed by atoms with Crippen molar-refractivity contribution in [2.45, 2.75) is 51.6 Å². The van der Waals surface area contributed by atoms with Crippen LogP contribution in [0, 0.1) is 22.7 Å². The van der Waals surface area contributed by atoms with Gasteiger partial charge in [-0.15, -0.1) is 0 Å². The first-order valence-electron chi connectivity index (χ1n) is 6.83. The second kappa shape index (κ2) is 5.86. The van der Waals surface area contributed by atoms with Crippen molar-refractivity contribution in [3.05, 3.63) is 22.4 Å². The SMILES string of the molecule is CCCC1CCC(C#N)(C(O)c2ccsc2)CC1. The molecule has 1 fully saturated rings. The minimum atomic E-state index is -0.615. The lowest BCUT2D eigenvalue weighted by Gasteiger charge is -2.38. The van der Waals surface area contributed by atoms with Crippen LogP contribution in [-0.4, -0.2) is 5.11 Å². The summed E-state index contributed by atoms with van der Waals surface area (Å²) in [5.74, 6) is 0.756. The smallest absolute Gasteiger partial charge is 0.0984 e. The Kier molecular flexibility index (Phi) is 4.42. The molecule has 0 aromatic carbocycles. The van der Waals surface area contributed by atoms with Crippen molar-refractivity contribution in [2.24, 2.45) is 11.3 Å². The number of hydrogen-bond donors (Lipinski definition) is 1. The zero-order valence-electron chi connectivity index (χ0n) is 10.9. The van der Waals surface area contributed by atoms with Crippen LogP contribution in [0.2, 0.25) is 0 Å². The monoisotopic (exact) mass is 263 g/mol. The Balaban J connectivity index is 2.07. The fraction of sp³-hybridized carbons (Fsp3) is 0.667. The second-order valence-corrected chi connectivity index (χ2v) is 6.24. The highest BCUT2D eigenvalue weighted by molar-refractivity contribution is 7.07. The van der Waals surface area contributed by atoms with Crippen LogP contribution in [0.4, 0.5) is 0 Å². The summed E-state index contributed by atoms with van der Waals surface area (Å²) < 4.78 is 0. The van der Waals surface area contributed by atoms with Crippen molar-refractivity contribution in [3.8, 4) is 6.07 Å². The van der Waals surface area contributed by atoms with Crippen LogP contribution in [0.1, 0.15) is 57.1 Å². The predicted molar refractivity (Wildman–Crippen MR) is 74.2 cm³/mol. The van der Waals surface area contributed by atoms with Crippen LogP contribution < -0.4 is 0 Å². The standard InChI is InChI=1S/C15H21NOS/c1-2-3-12-4-7-15(11-16,8-5-12)14(17)13-6-9-18-10-13/h6,9-10,12,14,17H,2-5,7-8H2,1H3. The van der Waals surface area contributed by atoms with Gasteiger partial charge in [0.25, 0.3) is 0 Å². The minimum Gasteiger partial charge on any atom is -0.387 e. The molecule has 1 heterocycles. The summed E-state index contributed by atoms with van der Waals surface area (Å²) in [7, 11) is 0. The van der Waals surface area contributed by atoms with Crippen LogP contribution >= 0.6 is 11.3 Å². The van der Waals surface area contributed by atoms with E-state index in [4.69, 9.17) is 0 Å². The first kappa shape index (κ1) is 13.6. The third-order valence-corrected chi connectivity index (χ3v) is 5.00. The summed E-state index contributed by atoms with van der Waals surface area (Å²) in [5.41, 5.74) is 0.362. The van der Waals surface area contributed by atoms with E-state index < -0.39 is 11.5 Å². The molecule has 1 N–H and O–H groups in total. The summed E-state index contributed by atoms with van der Waals surface area (Å²) >= 11 is 1.58. The zero-order chi connectivity index (χ0) is 13.0. The molecule has 0 radical (unpaired) electrons. The summed E-state index contributed by atoms with van der Waals surface area (Å²) in [6.07, 6.45) is 5.71. The molecule has 1 aliphatic carbocycles. The maximum atomic E-state index is 10.5. The van der Waals surface area contributed by atoms with Crippen LogP contribution in [0.3, 0.4) is 0 Å². The molecule has 2 rings (SSSR count). The highest BCUT2D eigenvalue weighted by Crippen LogP contribution is 2.48. The Labute approximate surface area is 113 Å². The molecule has 0 amide bonds. The van der Waals surface area contributed by atoms with Gasteiger partial charge >= 0.3 is 0 Å². The first-order chi connectivity index (χ1) is 8.72. The van der Waals surface area contributed by atoms with Gasteiger partial charge in [-0.1, -0.05) is 19.8 Å². The van der Waals surface area contributed by atoms with E-state index >= 15 is 0 Å². The van der Waals surface area contributed by atoms with E-state index in [2.05, 4.69) is 13.0 Å². The molecule has 18 heavy (non-hydrogen) atoms. The van der Waals surface area contributed by atoms with Gasteiger partial charge in [0.05, 0.1) is 17.6 Å². The normalized spacial score (nSPS) is 29.7. The zero-order valence-corrected chi connectivity index (χ0v) is 11.7. The van der Waals surface area contributed by atoms with E-state index in [-0.39, 0.29) is 0 Å². The molecular weight excluding hydrogens is 242 g/mol. The maximum absolute atomic E-state index is 10.5. The van der Waals surface area contributed by atoms with Gasteiger partial charge in [0.1, 0.15) is 0 Å². The first-order valence-corrected chi connectivity index (χ1v) is 7.77. The van der Waals surface area contributed by atoms with Crippen molar-refractivity contribution < 1.29 is 5.11 Å². The molecule has 1 saturated carbocycles. The van der Waals surface area contributed by atoms with E-state index in [0.29, 0.717) is 0 Å². The number of nitrogens with zero attached hydrogens (tertiary/aromatic N) is 1. The molecule has 1 aromatic heterocycles. The van der Waals surface area contributed by atoms with E-state index in [1.165, 1.54) is 12.8 Å². The van der Waals surface area contributed by atoms with Gasteiger partial charge < -0.3 is 5.11 Å². The van der Waals surface area contributed by atoms with Crippen molar-refractivity contribution >= 4 is 11.3 Å². The molecule has 0 bridgehead atoms. The van der Waals surface area contributed by atoms with E-state index in [1.807, 2.05) is 16.8 Å². The van der Waals surface area contributed by atoms with Crippen molar-refractivity contribution in [1.82, 2.24) is 0 Å². The highest BCUT2D eigenvalue weighted by atomic mass is 32.1. The maximum Gasteiger partial charge on any atom is 0.0984 e. The van der Waals surface area contributed by atoms with Gasteiger partial charge in [-0.25, -0.2) is 0 Å². The average Bonchev–Trinajstić information content (AvgIpc) is 2.93. The molecule has 3 heteroatoms. The largest absolute Gasteiger partial charge is 0.387 e. The number of hydrogen-bond acceptors (Lipinski definition) is 3. The number of rotatable bonds is 4. The molecule has 0 spiro atoms. The van der Waals surface area contributed by atoms with Crippen LogP contribution in [0.5, 0.6) is 0 Å². The molecule has 1 atom stereocenters. The number of thiophene rings is 1. The molecule has 0 saturated heterocycles. The van der Waals surface area contributed by atoms with Gasteiger partial charge in [-0.2, -0.15) is 16.6 Å². The summed E-state index contributed by atoms with van der Waals surface area (Å²) in [6.45, 7) is 2.21. The Hall–Kier alpha value is -0.850. The summed E-state index contributed by atoms with van der Waals surface area (Å²) in [5, 5.41) is 23.9. The Morgan fingerprint density at radius 1 is 1.56 bits per heavy atom. The van der Waals surface area contributed by atoms with Crippen molar-refractivity contribution in [3.63, 3.8) is 0 Å². The second-order valence-electron chi connectivity index (χ2n) is 5.46. The molecule has 98 valence electrons. The van der Waals surface area contributed by atoms with Crippen LogP contribution in [0.25, 0.3) is 0 Å². The number of aliphatic hydroxyl groups is 1. The Morgan fingerprint density at radius 2 is 2.28 bits per heavy atom. The molecule has 1 aliphatic rings. The van der Waals surface area contributed by atoms with Gasteiger partial charge in [-0.3, -0.25) is 0 Å².